The van der Waals surface area contributed by atoms with Crippen LogP contribution in [-0.4, -0.2) is 64.6 Å². The first-order chi connectivity index (χ1) is 12.0. The number of nitrogens with two attached hydrogens (primary N) is 1. The predicted molar refractivity (Wildman–Crippen MR) is 91.6 cm³/mol. The molecular formula is C17H24FN3O4. The summed E-state index contributed by atoms with van der Waals surface area (Å²) >= 11 is 0. The Kier molecular flexibility index (Phi) is 5.12. The molecule has 1 aromatic carbocycles. The first-order valence-corrected chi connectivity index (χ1v) is 8.30. The van der Waals surface area contributed by atoms with E-state index in [2.05, 4.69) is 0 Å². The summed E-state index contributed by atoms with van der Waals surface area (Å²) in [5, 5.41) is 0. The van der Waals surface area contributed by atoms with Crippen molar-refractivity contribution in [3.8, 4) is 0 Å². The lowest BCUT2D eigenvalue weighted by molar-refractivity contribution is -0.249. The second-order valence-corrected chi connectivity index (χ2v) is 6.25. The third-order valence-corrected chi connectivity index (χ3v) is 4.94. The molecule has 0 aromatic heterocycles. The van der Waals surface area contributed by atoms with Crippen molar-refractivity contribution in [2.45, 2.75) is 24.5 Å². The monoisotopic (exact) mass is 353 g/mol. The number of carbonyl (C=O) groups is 1. The minimum atomic E-state index is -1.25. The zero-order chi connectivity index (χ0) is 18.0. The first-order valence-electron chi connectivity index (χ1n) is 8.30. The third-order valence-electron chi connectivity index (χ3n) is 4.94. The van der Waals surface area contributed by atoms with E-state index in [4.69, 9.17) is 19.9 Å². The van der Waals surface area contributed by atoms with Crippen LogP contribution in [0.3, 0.4) is 0 Å². The van der Waals surface area contributed by atoms with E-state index in [9.17, 15) is 9.18 Å². The van der Waals surface area contributed by atoms with Gasteiger partial charge in [-0.2, -0.15) is 0 Å². The Morgan fingerprint density at radius 2 is 1.88 bits per heavy atom. The lowest BCUT2D eigenvalue weighted by atomic mass is 10.0. The fourth-order valence-corrected chi connectivity index (χ4v) is 3.35. The Bertz CT molecular complexity index is 608. The summed E-state index contributed by atoms with van der Waals surface area (Å²) in [6.07, 6.45) is -1.50. The zero-order valence-electron chi connectivity index (χ0n) is 14.5. The summed E-state index contributed by atoms with van der Waals surface area (Å²) in [6.45, 7) is 1.53. The highest BCUT2D eigenvalue weighted by Crippen LogP contribution is 2.32. The highest BCUT2D eigenvalue weighted by molar-refractivity contribution is 5.90. The average molecular weight is 353 g/mol. The van der Waals surface area contributed by atoms with Crippen LogP contribution in [0.5, 0.6) is 0 Å². The third kappa shape index (κ3) is 3.29. The number of hydrogen-bond donors (Lipinski definition) is 1. The van der Waals surface area contributed by atoms with E-state index in [0.29, 0.717) is 26.1 Å². The number of carbonyl (C=O) groups excluding carboxylic acids is 1. The van der Waals surface area contributed by atoms with E-state index < -0.39 is 18.1 Å². The molecule has 8 heteroatoms. The molecule has 2 heterocycles. The number of piperidine rings is 1. The molecule has 0 saturated carbocycles. The Labute approximate surface area is 146 Å². The lowest BCUT2D eigenvalue weighted by Crippen LogP contribution is -2.55. The molecule has 2 aliphatic heterocycles. The Balaban J connectivity index is 1.68. The normalized spacial score (nSPS) is 26.0. The number of ether oxygens (including phenoxy) is 3. The molecule has 0 spiro atoms. The second kappa shape index (κ2) is 7.15. The molecule has 1 aromatic rings. The number of methoxy groups -OCH3 is 2. The van der Waals surface area contributed by atoms with Crippen LogP contribution in [0.1, 0.15) is 6.42 Å². The van der Waals surface area contributed by atoms with Crippen LogP contribution in [0.2, 0.25) is 0 Å². The van der Waals surface area contributed by atoms with Gasteiger partial charge in [-0.05, 0) is 24.3 Å². The minimum Gasteiger partial charge on any atom is -0.443 e. The highest BCUT2D eigenvalue weighted by Gasteiger charge is 2.44. The van der Waals surface area contributed by atoms with Crippen LogP contribution in [0.25, 0.3) is 0 Å². The van der Waals surface area contributed by atoms with Crippen molar-refractivity contribution in [1.29, 1.82) is 0 Å². The summed E-state index contributed by atoms with van der Waals surface area (Å²) in [5.41, 5.74) is 7.17. The molecule has 0 bridgehead atoms. The molecule has 0 radical (unpaired) electrons. The summed E-state index contributed by atoms with van der Waals surface area (Å²) < 4.78 is 30.2. The Hall–Kier alpha value is -1.90. The van der Waals surface area contributed by atoms with E-state index in [1.54, 1.807) is 4.90 Å². The molecular weight excluding hydrogens is 329 g/mol. The van der Waals surface area contributed by atoms with Crippen LogP contribution >= 0.6 is 0 Å². The first kappa shape index (κ1) is 17.9. The molecule has 25 heavy (non-hydrogen) atoms. The largest absolute Gasteiger partial charge is 0.443 e. The second-order valence-electron chi connectivity index (χ2n) is 6.25. The number of anilines is 2. The van der Waals surface area contributed by atoms with Crippen molar-refractivity contribution in [3.05, 3.63) is 24.3 Å². The van der Waals surface area contributed by atoms with E-state index in [0.717, 1.165) is 11.4 Å². The van der Waals surface area contributed by atoms with Crippen LogP contribution in [0, 0.1) is 0 Å². The van der Waals surface area contributed by atoms with Gasteiger partial charge in [-0.25, -0.2) is 9.18 Å². The van der Waals surface area contributed by atoms with Crippen LogP contribution in [0.15, 0.2) is 24.3 Å². The van der Waals surface area contributed by atoms with E-state index in [-0.39, 0.29) is 12.6 Å². The van der Waals surface area contributed by atoms with Crippen molar-refractivity contribution < 1.29 is 23.4 Å². The number of cyclic esters (lactones) is 1. The number of benzene rings is 1. The maximum Gasteiger partial charge on any atom is 0.414 e. The smallest absolute Gasteiger partial charge is 0.414 e. The van der Waals surface area contributed by atoms with Gasteiger partial charge in [0, 0.05) is 45.1 Å². The van der Waals surface area contributed by atoms with Crippen molar-refractivity contribution in [1.82, 2.24) is 0 Å². The quantitative estimate of drug-likeness (QED) is 0.809. The highest BCUT2D eigenvalue weighted by atomic mass is 19.1. The van der Waals surface area contributed by atoms with Gasteiger partial charge in [-0.1, -0.05) is 0 Å². The van der Waals surface area contributed by atoms with Crippen LogP contribution < -0.4 is 15.5 Å². The van der Waals surface area contributed by atoms with Gasteiger partial charge < -0.3 is 24.8 Å². The number of rotatable bonds is 5. The average Bonchev–Trinajstić information content (AvgIpc) is 3.03. The molecule has 2 N–H and O–H groups in total. The van der Waals surface area contributed by atoms with Gasteiger partial charge in [0.25, 0.3) is 0 Å². The predicted octanol–water partition coefficient (Wildman–Crippen LogP) is 1.51. The molecule has 2 saturated heterocycles. The van der Waals surface area contributed by atoms with E-state index in [1.807, 2.05) is 29.2 Å². The molecule has 2 fully saturated rings. The molecule has 0 aliphatic carbocycles. The van der Waals surface area contributed by atoms with Gasteiger partial charge in [0.2, 0.25) is 5.79 Å². The van der Waals surface area contributed by atoms with Crippen molar-refractivity contribution in [2.24, 2.45) is 5.73 Å². The summed E-state index contributed by atoms with van der Waals surface area (Å²) in [6, 6.07) is 7.41. The number of halogens is 1. The molecule has 3 rings (SSSR count). The van der Waals surface area contributed by atoms with Gasteiger partial charge in [0.15, 0.2) is 6.17 Å². The number of nitrogens with zero attached hydrogens (tertiary/aromatic N) is 2. The summed E-state index contributed by atoms with van der Waals surface area (Å²) in [7, 11) is 2.93. The summed E-state index contributed by atoms with van der Waals surface area (Å²) in [4.78, 5) is 15.4. The standard InChI is InChI=1S/C17H24FN3O4/c1-23-17(24-2)7-8-20(11-15(17)18)12-3-5-13(6-4-12)21-10-14(9-19)25-16(21)22/h3-6,14-15H,7-11,19H2,1-2H3. The van der Waals surface area contributed by atoms with Gasteiger partial charge in [-0.3, -0.25) is 4.90 Å². The van der Waals surface area contributed by atoms with Crippen molar-refractivity contribution in [2.75, 3.05) is 50.2 Å². The fraction of sp³-hybridized carbons (Fsp3) is 0.588. The molecule has 138 valence electrons. The molecule has 1 amide bonds. The van der Waals surface area contributed by atoms with Crippen molar-refractivity contribution >= 4 is 17.5 Å². The van der Waals surface area contributed by atoms with E-state index >= 15 is 0 Å². The zero-order valence-corrected chi connectivity index (χ0v) is 14.5. The van der Waals surface area contributed by atoms with Gasteiger partial charge in [0.05, 0.1) is 13.1 Å². The summed E-state index contributed by atoms with van der Waals surface area (Å²) in [5.74, 6) is -1.17. The number of alkyl halides is 1. The minimum absolute atomic E-state index is 0.183. The Morgan fingerprint density at radius 1 is 1.24 bits per heavy atom. The van der Waals surface area contributed by atoms with Gasteiger partial charge in [0.1, 0.15) is 6.10 Å². The molecule has 7 nitrogen and oxygen atoms in total. The Morgan fingerprint density at radius 3 is 2.40 bits per heavy atom. The maximum absolute atomic E-state index is 14.5. The number of hydrogen-bond acceptors (Lipinski definition) is 6. The molecule has 2 aliphatic rings. The number of amides is 1. The SMILES string of the molecule is COC1(OC)CCN(c2ccc(N3CC(CN)OC3=O)cc2)CC1F. The van der Waals surface area contributed by atoms with Crippen LogP contribution in [-0.2, 0) is 14.2 Å². The van der Waals surface area contributed by atoms with Gasteiger partial charge >= 0.3 is 6.09 Å². The maximum atomic E-state index is 14.5. The molecule has 2 unspecified atom stereocenters. The van der Waals surface area contributed by atoms with Crippen LogP contribution in [0.4, 0.5) is 20.6 Å². The lowest BCUT2D eigenvalue weighted by Gasteiger charge is -2.42. The molecule has 2 atom stereocenters. The van der Waals surface area contributed by atoms with Crippen molar-refractivity contribution in [3.63, 3.8) is 0 Å². The topological polar surface area (TPSA) is 77.3 Å². The van der Waals surface area contributed by atoms with E-state index in [1.165, 1.54) is 14.2 Å². The van der Waals surface area contributed by atoms with Gasteiger partial charge in [-0.15, -0.1) is 0 Å². The fourth-order valence-electron chi connectivity index (χ4n) is 3.35.